The summed E-state index contributed by atoms with van der Waals surface area (Å²) in [5, 5.41) is 2.86. The predicted molar refractivity (Wildman–Crippen MR) is 93.3 cm³/mol. The first-order chi connectivity index (χ1) is 11.6. The Bertz CT molecular complexity index is 658. The molecule has 1 unspecified atom stereocenters. The van der Waals surface area contributed by atoms with Gasteiger partial charge in [-0.2, -0.15) is 0 Å². The molecule has 2 heterocycles. The smallest absolute Gasteiger partial charge is 0.246 e. The first kappa shape index (κ1) is 16.5. The summed E-state index contributed by atoms with van der Waals surface area (Å²) in [5.41, 5.74) is 0.0509. The number of benzene rings is 1. The molecule has 6 nitrogen and oxygen atoms in total. The Morgan fingerprint density at radius 1 is 1.21 bits per heavy atom. The van der Waals surface area contributed by atoms with Crippen molar-refractivity contribution < 1.29 is 9.59 Å². The summed E-state index contributed by atoms with van der Waals surface area (Å²) in [5.74, 6) is 0.0611. The van der Waals surface area contributed by atoms with E-state index >= 15 is 0 Å². The van der Waals surface area contributed by atoms with Crippen LogP contribution in [0, 0.1) is 5.41 Å². The number of aliphatic imine (C=N–C) groups is 1. The van der Waals surface area contributed by atoms with E-state index in [-0.39, 0.29) is 11.8 Å². The summed E-state index contributed by atoms with van der Waals surface area (Å²) in [7, 11) is 0. The first-order valence-electron chi connectivity index (χ1n) is 8.60. The van der Waals surface area contributed by atoms with Gasteiger partial charge in [-0.15, -0.1) is 0 Å². The van der Waals surface area contributed by atoms with Crippen LogP contribution in [0.25, 0.3) is 0 Å². The van der Waals surface area contributed by atoms with Crippen LogP contribution >= 0.6 is 0 Å². The molecule has 0 aliphatic carbocycles. The van der Waals surface area contributed by atoms with Gasteiger partial charge in [0.2, 0.25) is 17.8 Å². The molecule has 6 heteroatoms. The lowest BCUT2D eigenvalue weighted by Crippen LogP contribution is -2.67. The summed E-state index contributed by atoms with van der Waals surface area (Å²) in [6.45, 7) is 4.82. The number of fused-ring (bicyclic) bond motifs is 1. The monoisotopic (exact) mass is 328 g/mol. The number of hydrogen-bond acceptors (Lipinski definition) is 4. The second kappa shape index (κ2) is 6.63. The van der Waals surface area contributed by atoms with Gasteiger partial charge in [0.15, 0.2) is 0 Å². The maximum atomic E-state index is 13.2. The Morgan fingerprint density at radius 2 is 1.96 bits per heavy atom. The molecule has 1 atom stereocenters. The molecule has 2 amide bonds. The van der Waals surface area contributed by atoms with Gasteiger partial charge in [0.05, 0.1) is 0 Å². The van der Waals surface area contributed by atoms with Crippen molar-refractivity contribution in [3.05, 3.63) is 30.3 Å². The highest BCUT2D eigenvalue weighted by Gasteiger charge is 2.52. The van der Waals surface area contributed by atoms with Crippen molar-refractivity contribution in [2.75, 3.05) is 18.2 Å². The number of unbranched alkanes of at least 4 members (excludes halogenated alkanes) is 1. The minimum Gasteiger partial charge on any atom is -0.334 e. The average Bonchev–Trinajstić information content (AvgIpc) is 2.63. The Labute approximate surface area is 142 Å². The van der Waals surface area contributed by atoms with Gasteiger partial charge in [-0.1, -0.05) is 44.9 Å². The summed E-state index contributed by atoms with van der Waals surface area (Å²) in [4.78, 5) is 33.8. The van der Waals surface area contributed by atoms with Crippen LogP contribution in [0.3, 0.4) is 0 Å². The van der Waals surface area contributed by atoms with Crippen molar-refractivity contribution in [2.24, 2.45) is 10.4 Å². The Morgan fingerprint density at radius 3 is 2.62 bits per heavy atom. The van der Waals surface area contributed by atoms with E-state index in [9.17, 15) is 9.59 Å². The van der Waals surface area contributed by atoms with Crippen LogP contribution in [0.1, 0.15) is 39.5 Å². The number of anilines is 1. The molecule has 24 heavy (non-hydrogen) atoms. The van der Waals surface area contributed by atoms with Crippen LogP contribution in [-0.4, -0.2) is 36.0 Å². The van der Waals surface area contributed by atoms with Crippen LogP contribution in [-0.2, 0) is 9.59 Å². The highest BCUT2D eigenvalue weighted by molar-refractivity contribution is 6.20. The molecule has 0 spiro atoms. The van der Waals surface area contributed by atoms with Gasteiger partial charge in [0.1, 0.15) is 18.8 Å². The molecule has 1 saturated heterocycles. The third kappa shape index (κ3) is 2.66. The van der Waals surface area contributed by atoms with Crippen molar-refractivity contribution in [1.82, 2.24) is 10.2 Å². The maximum Gasteiger partial charge on any atom is 0.246 e. The predicted octanol–water partition coefficient (Wildman–Crippen LogP) is 2.32. The van der Waals surface area contributed by atoms with Crippen molar-refractivity contribution in [2.45, 2.75) is 39.5 Å². The van der Waals surface area contributed by atoms with E-state index in [1.54, 1.807) is 4.90 Å². The number of nitrogens with zero attached hydrogens (tertiary/aromatic N) is 3. The SMILES string of the molecule is CCCCC1(CC)C(=O)NC2=NCN(c3ccccc3)CN2C1=O. The summed E-state index contributed by atoms with van der Waals surface area (Å²) < 4.78 is 0. The molecular weight excluding hydrogens is 304 g/mol. The van der Waals surface area contributed by atoms with Crippen molar-refractivity contribution in [1.29, 1.82) is 0 Å². The number of rotatable bonds is 5. The highest BCUT2D eigenvalue weighted by atomic mass is 16.2. The van der Waals surface area contributed by atoms with Crippen LogP contribution < -0.4 is 10.2 Å². The van der Waals surface area contributed by atoms with E-state index in [2.05, 4.69) is 17.2 Å². The zero-order chi connectivity index (χ0) is 17.2. The zero-order valence-corrected chi connectivity index (χ0v) is 14.3. The molecule has 1 N–H and O–H groups in total. The largest absolute Gasteiger partial charge is 0.334 e. The third-order valence-corrected chi connectivity index (χ3v) is 4.96. The van der Waals surface area contributed by atoms with Gasteiger partial charge in [-0.3, -0.25) is 19.8 Å². The van der Waals surface area contributed by atoms with E-state index < -0.39 is 5.41 Å². The summed E-state index contributed by atoms with van der Waals surface area (Å²) in [6.07, 6.45) is 2.90. The summed E-state index contributed by atoms with van der Waals surface area (Å²) in [6, 6.07) is 9.88. The topological polar surface area (TPSA) is 65.0 Å². The number of hydrogen-bond donors (Lipinski definition) is 1. The van der Waals surface area contributed by atoms with Crippen LogP contribution in [0.4, 0.5) is 5.69 Å². The quantitative estimate of drug-likeness (QED) is 0.844. The molecule has 1 aromatic rings. The molecule has 1 fully saturated rings. The van der Waals surface area contributed by atoms with Gasteiger partial charge in [0.25, 0.3) is 0 Å². The maximum absolute atomic E-state index is 13.2. The van der Waals surface area contributed by atoms with E-state index in [0.717, 1.165) is 18.5 Å². The molecule has 128 valence electrons. The number of carbonyl (C=O) groups excluding carboxylic acids is 2. The molecule has 0 aromatic heterocycles. The van der Waals surface area contributed by atoms with E-state index in [0.29, 0.717) is 32.1 Å². The van der Waals surface area contributed by atoms with E-state index in [1.807, 2.05) is 42.2 Å². The number of amides is 2. The Hall–Kier alpha value is -2.37. The average molecular weight is 328 g/mol. The number of carbonyl (C=O) groups is 2. The molecule has 0 saturated carbocycles. The van der Waals surface area contributed by atoms with Gasteiger partial charge in [-0.05, 0) is 25.0 Å². The third-order valence-electron chi connectivity index (χ3n) is 4.96. The molecule has 1 aromatic carbocycles. The fourth-order valence-corrected chi connectivity index (χ4v) is 3.35. The normalized spacial score (nSPS) is 23.7. The minimum atomic E-state index is -0.964. The molecule has 0 bridgehead atoms. The Kier molecular flexibility index (Phi) is 4.55. The molecule has 2 aliphatic rings. The Balaban J connectivity index is 1.88. The fraction of sp³-hybridized carbons (Fsp3) is 0.500. The number of guanidine groups is 1. The molecular formula is C18H24N4O2. The van der Waals surface area contributed by atoms with Crippen molar-refractivity contribution >= 4 is 23.5 Å². The molecule has 3 rings (SSSR count). The van der Waals surface area contributed by atoms with Crippen molar-refractivity contribution in [3.63, 3.8) is 0 Å². The van der Waals surface area contributed by atoms with Gasteiger partial charge in [0, 0.05) is 5.69 Å². The van der Waals surface area contributed by atoms with Crippen LogP contribution in [0.15, 0.2) is 35.3 Å². The zero-order valence-electron chi connectivity index (χ0n) is 14.3. The molecule has 2 aliphatic heterocycles. The lowest BCUT2D eigenvalue weighted by molar-refractivity contribution is -0.151. The second-order valence-corrected chi connectivity index (χ2v) is 6.37. The van der Waals surface area contributed by atoms with Gasteiger partial charge < -0.3 is 4.90 Å². The lowest BCUT2D eigenvalue weighted by Gasteiger charge is -2.44. The van der Waals surface area contributed by atoms with Crippen LogP contribution in [0.2, 0.25) is 0 Å². The lowest BCUT2D eigenvalue weighted by atomic mass is 9.76. The fourth-order valence-electron chi connectivity index (χ4n) is 3.35. The van der Waals surface area contributed by atoms with Gasteiger partial charge in [-0.25, -0.2) is 4.99 Å². The highest BCUT2D eigenvalue weighted by Crippen LogP contribution is 2.35. The van der Waals surface area contributed by atoms with E-state index in [4.69, 9.17) is 0 Å². The molecule has 0 radical (unpaired) electrons. The minimum absolute atomic E-state index is 0.124. The van der Waals surface area contributed by atoms with Crippen molar-refractivity contribution in [3.8, 4) is 0 Å². The standard InChI is InChI=1S/C18H24N4O2/c1-3-5-11-18(4-2)15(23)20-17-19-12-21(13-22(17)16(18)24)14-9-7-6-8-10-14/h6-10H,3-5,11-13H2,1-2H3,(H,19,20,23). The van der Waals surface area contributed by atoms with Crippen LogP contribution in [0.5, 0.6) is 0 Å². The number of nitrogens with one attached hydrogen (secondary N) is 1. The second-order valence-electron chi connectivity index (χ2n) is 6.37. The van der Waals surface area contributed by atoms with Gasteiger partial charge >= 0.3 is 0 Å². The number of para-hydroxylation sites is 1. The first-order valence-corrected chi connectivity index (χ1v) is 8.60. The summed E-state index contributed by atoms with van der Waals surface area (Å²) >= 11 is 0. The van der Waals surface area contributed by atoms with E-state index in [1.165, 1.54) is 0 Å².